The predicted molar refractivity (Wildman–Crippen MR) is 116 cm³/mol. The van der Waals surface area contributed by atoms with Gasteiger partial charge in [0.15, 0.2) is 5.69 Å². The Bertz CT molecular complexity index is 1110. The Labute approximate surface area is 183 Å². The van der Waals surface area contributed by atoms with E-state index in [-0.39, 0.29) is 18.1 Å². The zero-order chi connectivity index (χ0) is 21.8. The first kappa shape index (κ1) is 21.6. The number of benzene rings is 2. The fourth-order valence-electron chi connectivity index (χ4n) is 2.70. The van der Waals surface area contributed by atoms with Gasteiger partial charge >= 0.3 is 0 Å². The van der Waals surface area contributed by atoms with Crippen LogP contribution >= 0.6 is 23.2 Å². The van der Waals surface area contributed by atoms with Crippen molar-refractivity contribution in [3.63, 3.8) is 0 Å². The molecule has 10 heteroatoms. The van der Waals surface area contributed by atoms with Gasteiger partial charge in [-0.2, -0.15) is 0 Å². The first-order valence-electron chi connectivity index (χ1n) is 8.89. The fourth-order valence-corrected chi connectivity index (χ4v) is 3.24. The molecule has 30 heavy (non-hydrogen) atoms. The van der Waals surface area contributed by atoms with Gasteiger partial charge in [-0.25, -0.2) is 4.68 Å². The number of nitrogens with one attached hydrogen (secondary N) is 2. The Kier molecular flexibility index (Phi) is 6.59. The standard InChI is InChI=1S/C20H19Cl2N5O3/c1-11-4-6-16(14(21)8-11)24-20(29)19-12(2)27(26-25-19)10-18(28)23-13-5-7-17(30-3)15(22)9-13/h4-9H,10H2,1-3H3,(H,23,28)(H,24,29). The molecule has 1 aromatic heterocycles. The van der Waals surface area contributed by atoms with Gasteiger partial charge in [-0.05, 0) is 49.7 Å². The zero-order valence-corrected chi connectivity index (χ0v) is 18.0. The summed E-state index contributed by atoms with van der Waals surface area (Å²) in [5.74, 6) is -0.310. The Morgan fingerprint density at radius 2 is 1.83 bits per heavy atom. The number of nitrogens with zero attached hydrogens (tertiary/aromatic N) is 3. The average Bonchev–Trinajstić information content (AvgIpc) is 3.04. The molecule has 2 N–H and O–H groups in total. The largest absolute Gasteiger partial charge is 0.495 e. The van der Waals surface area contributed by atoms with E-state index < -0.39 is 5.91 Å². The Balaban J connectivity index is 1.67. The van der Waals surface area contributed by atoms with Gasteiger partial charge in [0.05, 0.1) is 28.5 Å². The van der Waals surface area contributed by atoms with Gasteiger partial charge in [-0.1, -0.05) is 34.5 Å². The van der Waals surface area contributed by atoms with Gasteiger partial charge in [-0.15, -0.1) is 5.10 Å². The summed E-state index contributed by atoms with van der Waals surface area (Å²) >= 11 is 12.2. The van der Waals surface area contributed by atoms with Gasteiger partial charge < -0.3 is 15.4 Å². The number of hydrogen-bond acceptors (Lipinski definition) is 5. The van der Waals surface area contributed by atoms with E-state index in [0.717, 1.165) is 5.56 Å². The number of hydrogen-bond donors (Lipinski definition) is 2. The first-order valence-corrected chi connectivity index (χ1v) is 9.65. The first-order chi connectivity index (χ1) is 14.3. The predicted octanol–water partition coefficient (Wildman–Crippen LogP) is 4.10. The smallest absolute Gasteiger partial charge is 0.278 e. The van der Waals surface area contributed by atoms with E-state index in [1.165, 1.54) is 11.8 Å². The number of anilines is 2. The number of carbonyl (C=O) groups excluding carboxylic acids is 2. The third kappa shape index (κ3) is 4.90. The van der Waals surface area contributed by atoms with Crippen LogP contribution in [-0.4, -0.2) is 33.9 Å². The van der Waals surface area contributed by atoms with Crippen molar-refractivity contribution in [3.8, 4) is 5.75 Å². The lowest BCUT2D eigenvalue weighted by Gasteiger charge is -2.09. The number of aryl methyl sites for hydroxylation is 1. The SMILES string of the molecule is COc1ccc(NC(=O)Cn2nnc(C(=O)Nc3ccc(C)cc3Cl)c2C)cc1Cl. The molecule has 8 nitrogen and oxygen atoms in total. The quantitative estimate of drug-likeness (QED) is 0.592. The van der Waals surface area contributed by atoms with E-state index in [1.54, 1.807) is 37.3 Å². The molecule has 0 aliphatic heterocycles. The molecule has 3 rings (SSSR count). The summed E-state index contributed by atoms with van der Waals surface area (Å²) in [5.41, 5.74) is 2.50. The average molecular weight is 448 g/mol. The normalized spacial score (nSPS) is 10.6. The van der Waals surface area contributed by atoms with Crippen LogP contribution in [0.1, 0.15) is 21.7 Å². The van der Waals surface area contributed by atoms with E-state index in [9.17, 15) is 9.59 Å². The van der Waals surface area contributed by atoms with Crippen molar-refractivity contribution in [1.82, 2.24) is 15.0 Å². The highest BCUT2D eigenvalue weighted by atomic mass is 35.5. The second-order valence-electron chi connectivity index (χ2n) is 6.52. The lowest BCUT2D eigenvalue weighted by atomic mass is 10.2. The molecular formula is C20H19Cl2N5O3. The van der Waals surface area contributed by atoms with Crippen molar-refractivity contribution in [2.75, 3.05) is 17.7 Å². The van der Waals surface area contributed by atoms with Crippen LogP contribution in [0.2, 0.25) is 10.0 Å². The number of ether oxygens (including phenoxy) is 1. The Morgan fingerprint density at radius 3 is 2.50 bits per heavy atom. The Hall–Kier alpha value is -3.10. The van der Waals surface area contributed by atoms with Crippen LogP contribution in [0.25, 0.3) is 0 Å². The summed E-state index contributed by atoms with van der Waals surface area (Å²) < 4.78 is 6.42. The zero-order valence-electron chi connectivity index (χ0n) is 16.5. The van der Waals surface area contributed by atoms with Crippen molar-refractivity contribution in [2.45, 2.75) is 20.4 Å². The lowest BCUT2D eigenvalue weighted by Crippen LogP contribution is -2.21. The van der Waals surface area contributed by atoms with Crippen molar-refractivity contribution in [3.05, 3.63) is 63.4 Å². The highest BCUT2D eigenvalue weighted by Crippen LogP contribution is 2.27. The maximum atomic E-state index is 12.5. The van der Waals surface area contributed by atoms with Gasteiger partial charge in [0, 0.05) is 5.69 Å². The van der Waals surface area contributed by atoms with Crippen LogP contribution in [0.4, 0.5) is 11.4 Å². The van der Waals surface area contributed by atoms with Gasteiger partial charge in [0.2, 0.25) is 5.91 Å². The molecule has 2 amide bonds. The number of methoxy groups -OCH3 is 1. The summed E-state index contributed by atoms with van der Waals surface area (Å²) in [5, 5.41) is 14.0. The monoisotopic (exact) mass is 447 g/mol. The summed E-state index contributed by atoms with van der Waals surface area (Å²) in [6.45, 7) is 3.43. The third-order valence-corrected chi connectivity index (χ3v) is 4.91. The van der Waals surface area contributed by atoms with Crippen LogP contribution in [0.5, 0.6) is 5.75 Å². The maximum Gasteiger partial charge on any atom is 0.278 e. The fraction of sp³-hybridized carbons (Fsp3) is 0.200. The van der Waals surface area contributed by atoms with Crippen LogP contribution in [0, 0.1) is 13.8 Å². The number of amides is 2. The van der Waals surface area contributed by atoms with E-state index in [1.807, 2.05) is 13.0 Å². The lowest BCUT2D eigenvalue weighted by molar-refractivity contribution is -0.117. The third-order valence-electron chi connectivity index (χ3n) is 4.30. The van der Waals surface area contributed by atoms with Crippen molar-refractivity contribution in [2.24, 2.45) is 0 Å². The molecule has 0 aliphatic rings. The van der Waals surface area contributed by atoms with E-state index in [0.29, 0.717) is 32.9 Å². The molecule has 0 atom stereocenters. The summed E-state index contributed by atoms with van der Waals surface area (Å²) in [6, 6.07) is 10.2. The summed E-state index contributed by atoms with van der Waals surface area (Å²) in [7, 11) is 1.51. The maximum absolute atomic E-state index is 12.5. The second-order valence-corrected chi connectivity index (χ2v) is 7.33. The topological polar surface area (TPSA) is 98.1 Å². The Morgan fingerprint density at radius 1 is 1.07 bits per heavy atom. The number of aromatic nitrogens is 3. The molecule has 0 unspecified atom stereocenters. The molecular weight excluding hydrogens is 429 g/mol. The van der Waals surface area contributed by atoms with E-state index in [2.05, 4.69) is 20.9 Å². The van der Waals surface area contributed by atoms with Crippen LogP contribution in [0.3, 0.4) is 0 Å². The minimum absolute atomic E-state index is 0.104. The van der Waals surface area contributed by atoms with E-state index >= 15 is 0 Å². The second kappa shape index (κ2) is 9.15. The van der Waals surface area contributed by atoms with Crippen molar-refractivity contribution < 1.29 is 14.3 Å². The number of halogens is 2. The summed E-state index contributed by atoms with van der Waals surface area (Å²) in [6.07, 6.45) is 0. The minimum atomic E-state index is -0.466. The van der Waals surface area contributed by atoms with Crippen molar-refractivity contribution in [1.29, 1.82) is 0 Å². The molecule has 2 aromatic carbocycles. The highest BCUT2D eigenvalue weighted by molar-refractivity contribution is 6.34. The molecule has 156 valence electrons. The van der Waals surface area contributed by atoms with Crippen molar-refractivity contribution >= 4 is 46.4 Å². The highest BCUT2D eigenvalue weighted by Gasteiger charge is 2.19. The minimum Gasteiger partial charge on any atom is -0.495 e. The number of carbonyl (C=O) groups is 2. The summed E-state index contributed by atoms with van der Waals surface area (Å²) in [4.78, 5) is 24.9. The van der Waals surface area contributed by atoms with Gasteiger partial charge in [0.25, 0.3) is 5.91 Å². The van der Waals surface area contributed by atoms with Crippen LogP contribution < -0.4 is 15.4 Å². The molecule has 0 saturated carbocycles. The number of rotatable bonds is 6. The molecule has 0 saturated heterocycles. The molecule has 0 radical (unpaired) electrons. The molecule has 0 fully saturated rings. The molecule has 1 heterocycles. The molecule has 3 aromatic rings. The van der Waals surface area contributed by atoms with Gasteiger partial charge in [0.1, 0.15) is 12.3 Å². The molecule has 0 bridgehead atoms. The van der Waals surface area contributed by atoms with E-state index in [4.69, 9.17) is 27.9 Å². The van der Waals surface area contributed by atoms with Gasteiger partial charge in [-0.3, -0.25) is 9.59 Å². The van der Waals surface area contributed by atoms with Crippen LogP contribution in [-0.2, 0) is 11.3 Å². The molecule has 0 aliphatic carbocycles. The van der Waals surface area contributed by atoms with Crippen LogP contribution in [0.15, 0.2) is 36.4 Å². The molecule has 0 spiro atoms.